The summed E-state index contributed by atoms with van der Waals surface area (Å²) in [5.74, 6) is 2.03. The van der Waals surface area contributed by atoms with Crippen LogP contribution in [-0.2, 0) is 9.59 Å². The van der Waals surface area contributed by atoms with Crippen LogP contribution in [0.1, 0.15) is 24.3 Å². The van der Waals surface area contributed by atoms with Crippen molar-refractivity contribution in [1.82, 2.24) is 4.90 Å². The Kier molecular flexibility index (Phi) is 6.81. The van der Waals surface area contributed by atoms with Crippen molar-refractivity contribution >= 4 is 29.3 Å². The largest absolute Gasteiger partial charge is 0.497 e. The maximum atomic E-state index is 12.3. The molecule has 2 aromatic carbocycles. The lowest BCUT2D eigenvalue weighted by Gasteiger charge is -2.24. The van der Waals surface area contributed by atoms with Gasteiger partial charge in [-0.05, 0) is 36.2 Å². The number of rotatable bonds is 8. The molecule has 28 heavy (non-hydrogen) atoms. The number of thioether (sulfide) groups is 1. The molecule has 1 aliphatic rings. The van der Waals surface area contributed by atoms with Crippen molar-refractivity contribution in [2.75, 3.05) is 31.3 Å². The van der Waals surface area contributed by atoms with Crippen molar-refractivity contribution in [1.29, 1.82) is 0 Å². The van der Waals surface area contributed by atoms with Gasteiger partial charge in [-0.15, -0.1) is 11.8 Å². The quantitative estimate of drug-likeness (QED) is 0.685. The number of amides is 2. The van der Waals surface area contributed by atoms with Crippen LogP contribution in [0, 0.1) is 0 Å². The van der Waals surface area contributed by atoms with E-state index in [4.69, 9.17) is 9.47 Å². The lowest BCUT2D eigenvalue weighted by atomic mass is 10.2. The maximum absolute atomic E-state index is 12.3. The fourth-order valence-electron chi connectivity index (χ4n) is 3.03. The van der Waals surface area contributed by atoms with Gasteiger partial charge in [0.1, 0.15) is 16.9 Å². The van der Waals surface area contributed by atoms with Gasteiger partial charge >= 0.3 is 0 Å². The van der Waals surface area contributed by atoms with Gasteiger partial charge in [0.05, 0.1) is 19.5 Å². The number of hydrogen-bond donors (Lipinski definition) is 1. The van der Waals surface area contributed by atoms with E-state index in [2.05, 4.69) is 5.32 Å². The molecule has 1 heterocycles. The minimum atomic E-state index is -0.119. The second-order valence-electron chi connectivity index (χ2n) is 6.43. The summed E-state index contributed by atoms with van der Waals surface area (Å²) in [6, 6.07) is 15.1. The third-order valence-corrected chi connectivity index (χ3v) is 5.59. The summed E-state index contributed by atoms with van der Waals surface area (Å²) < 4.78 is 11.0. The Hall–Kier alpha value is -2.67. The first-order valence-corrected chi connectivity index (χ1v) is 10.2. The molecule has 1 fully saturated rings. The van der Waals surface area contributed by atoms with Gasteiger partial charge in [-0.1, -0.05) is 18.2 Å². The monoisotopic (exact) mass is 400 g/mol. The molecule has 148 valence electrons. The predicted molar refractivity (Wildman–Crippen MR) is 111 cm³/mol. The van der Waals surface area contributed by atoms with Gasteiger partial charge in [-0.2, -0.15) is 0 Å². The SMILES string of the molecule is COc1ccc(C2SCC(=O)N2CCCOc2cccc(NC(C)=O)c2)cc1. The molecule has 0 bridgehead atoms. The Morgan fingerprint density at radius 3 is 2.71 bits per heavy atom. The van der Waals surface area contributed by atoms with Crippen LogP contribution in [0.3, 0.4) is 0 Å². The van der Waals surface area contributed by atoms with Gasteiger partial charge in [0.25, 0.3) is 0 Å². The number of ether oxygens (including phenoxy) is 2. The standard InChI is InChI=1S/C21H24N2O4S/c1-15(24)22-17-5-3-6-19(13-17)27-12-4-11-23-20(25)14-28-21(23)16-7-9-18(26-2)10-8-16/h3,5-10,13,21H,4,11-12,14H2,1-2H3,(H,22,24). The molecule has 3 rings (SSSR count). The van der Waals surface area contributed by atoms with Gasteiger partial charge in [0.2, 0.25) is 11.8 Å². The van der Waals surface area contributed by atoms with E-state index in [1.54, 1.807) is 24.9 Å². The van der Waals surface area contributed by atoms with Gasteiger partial charge in [0, 0.05) is 25.2 Å². The van der Waals surface area contributed by atoms with Crippen LogP contribution < -0.4 is 14.8 Å². The van der Waals surface area contributed by atoms with Crippen LogP contribution in [0.4, 0.5) is 5.69 Å². The number of carbonyl (C=O) groups is 2. The summed E-state index contributed by atoms with van der Waals surface area (Å²) in [7, 11) is 1.64. The van der Waals surface area contributed by atoms with E-state index < -0.39 is 0 Å². The number of benzene rings is 2. The first-order valence-electron chi connectivity index (χ1n) is 9.12. The topological polar surface area (TPSA) is 67.9 Å². The summed E-state index contributed by atoms with van der Waals surface area (Å²) in [5, 5.41) is 2.76. The highest BCUT2D eigenvalue weighted by Crippen LogP contribution is 2.39. The van der Waals surface area contributed by atoms with Gasteiger partial charge in [-0.3, -0.25) is 9.59 Å². The Bertz CT molecular complexity index is 825. The van der Waals surface area contributed by atoms with Crippen LogP contribution in [-0.4, -0.2) is 42.7 Å². The fourth-order valence-corrected chi connectivity index (χ4v) is 4.25. The van der Waals surface area contributed by atoms with Gasteiger partial charge in [0.15, 0.2) is 0 Å². The summed E-state index contributed by atoms with van der Waals surface area (Å²) in [6.07, 6.45) is 0.726. The number of carbonyl (C=O) groups excluding carboxylic acids is 2. The van der Waals surface area contributed by atoms with E-state index in [-0.39, 0.29) is 17.2 Å². The van der Waals surface area contributed by atoms with Crippen LogP contribution in [0.5, 0.6) is 11.5 Å². The lowest BCUT2D eigenvalue weighted by molar-refractivity contribution is -0.128. The van der Waals surface area contributed by atoms with Crippen LogP contribution in [0.15, 0.2) is 48.5 Å². The molecule has 0 saturated carbocycles. The highest BCUT2D eigenvalue weighted by Gasteiger charge is 2.32. The Balaban J connectivity index is 1.52. The molecule has 1 N–H and O–H groups in total. The fraction of sp³-hybridized carbons (Fsp3) is 0.333. The maximum Gasteiger partial charge on any atom is 0.233 e. The minimum absolute atomic E-state index is 0.0292. The number of nitrogens with one attached hydrogen (secondary N) is 1. The zero-order valence-corrected chi connectivity index (χ0v) is 16.8. The molecule has 1 saturated heterocycles. The van der Waals surface area contributed by atoms with Gasteiger partial charge in [-0.25, -0.2) is 0 Å². The average molecular weight is 400 g/mol. The van der Waals surface area contributed by atoms with E-state index in [9.17, 15) is 9.59 Å². The molecule has 2 aromatic rings. The van der Waals surface area contributed by atoms with Crippen molar-refractivity contribution in [3.63, 3.8) is 0 Å². The summed E-state index contributed by atoms with van der Waals surface area (Å²) in [4.78, 5) is 25.3. The molecule has 0 aromatic heterocycles. The molecule has 1 unspecified atom stereocenters. The molecule has 0 spiro atoms. The molecular formula is C21H24N2O4S. The minimum Gasteiger partial charge on any atom is -0.497 e. The smallest absolute Gasteiger partial charge is 0.233 e. The van der Waals surface area contributed by atoms with Crippen molar-refractivity contribution in [3.8, 4) is 11.5 Å². The third kappa shape index (κ3) is 5.19. The van der Waals surface area contributed by atoms with E-state index >= 15 is 0 Å². The molecule has 7 heteroatoms. The highest BCUT2D eigenvalue weighted by molar-refractivity contribution is 8.00. The third-order valence-electron chi connectivity index (χ3n) is 4.34. The number of hydrogen-bond acceptors (Lipinski definition) is 5. The zero-order valence-electron chi connectivity index (χ0n) is 16.0. The molecule has 6 nitrogen and oxygen atoms in total. The highest BCUT2D eigenvalue weighted by atomic mass is 32.2. The second-order valence-corrected chi connectivity index (χ2v) is 7.50. The average Bonchev–Trinajstić information content (AvgIpc) is 3.05. The number of methoxy groups -OCH3 is 1. The zero-order chi connectivity index (χ0) is 19.9. The molecule has 0 aliphatic carbocycles. The lowest BCUT2D eigenvalue weighted by Crippen LogP contribution is -2.30. The summed E-state index contributed by atoms with van der Waals surface area (Å²) in [5.41, 5.74) is 1.80. The normalized spacial score (nSPS) is 16.1. The van der Waals surface area contributed by atoms with Crippen LogP contribution in [0.25, 0.3) is 0 Å². The molecular weight excluding hydrogens is 376 g/mol. The van der Waals surface area contributed by atoms with E-state index in [0.717, 1.165) is 17.7 Å². The first kappa shape index (κ1) is 20.1. The van der Waals surface area contributed by atoms with E-state index in [1.165, 1.54) is 6.92 Å². The van der Waals surface area contributed by atoms with Crippen molar-refractivity contribution in [2.24, 2.45) is 0 Å². The van der Waals surface area contributed by atoms with Crippen molar-refractivity contribution in [3.05, 3.63) is 54.1 Å². The Morgan fingerprint density at radius 1 is 1.21 bits per heavy atom. The van der Waals surface area contributed by atoms with E-state index in [1.807, 2.05) is 47.4 Å². The molecule has 0 radical (unpaired) electrons. The van der Waals surface area contributed by atoms with Crippen molar-refractivity contribution < 1.29 is 19.1 Å². The van der Waals surface area contributed by atoms with E-state index in [0.29, 0.717) is 30.3 Å². The molecule has 2 amide bonds. The van der Waals surface area contributed by atoms with Gasteiger partial charge < -0.3 is 19.7 Å². The predicted octanol–water partition coefficient (Wildman–Crippen LogP) is 3.70. The summed E-state index contributed by atoms with van der Waals surface area (Å²) in [6.45, 7) is 2.60. The van der Waals surface area contributed by atoms with Crippen LogP contribution in [0.2, 0.25) is 0 Å². The van der Waals surface area contributed by atoms with Crippen molar-refractivity contribution in [2.45, 2.75) is 18.7 Å². The number of anilines is 1. The number of nitrogens with zero attached hydrogens (tertiary/aromatic N) is 1. The molecule has 1 atom stereocenters. The second kappa shape index (κ2) is 9.50. The Morgan fingerprint density at radius 2 is 2.00 bits per heavy atom. The van der Waals surface area contributed by atoms with Crippen LogP contribution >= 0.6 is 11.8 Å². The molecule has 1 aliphatic heterocycles. The summed E-state index contributed by atoms with van der Waals surface area (Å²) >= 11 is 1.64. The first-order chi connectivity index (χ1) is 13.6. The Labute approximate surface area is 169 Å².